The molecule has 0 radical (unpaired) electrons. The predicted octanol–water partition coefficient (Wildman–Crippen LogP) is 4.93. The summed E-state index contributed by atoms with van der Waals surface area (Å²) in [7, 11) is 0. The molecule has 0 heteroatoms. The molecule has 0 spiro atoms. The highest BCUT2D eigenvalue weighted by Gasteiger charge is 2.08. The lowest BCUT2D eigenvalue weighted by Gasteiger charge is -2.14. The van der Waals surface area contributed by atoms with E-state index in [1.807, 2.05) is 0 Å². The third kappa shape index (κ3) is 2.27. The molecule has 0 amide bonds. The summed E-state index contributed by atoms with van der Waals surface area (Å²) in [5.74, 6) is 0.605. The molecule has 0 heterocycles. The SMILES string of the molecule is CC1=C(c2cccc(C(C)C)c2)C=CCC1. The van der Waals surface area contributed by atoms with E-state index in [2.05, 4.69) is 57.2 Å². The molecule has 0 unspecified atom stereocenters. The summed E-state index contributed by atoms with van der Waals surface area (Å²) in [4.78, 5) is 0. The zero-order valence-electron chi connectivity index (χ0n) is 10.5. The Hall–Kier alpha value is -1.30. The summed E-state index contributed by atoms with van der Waals surface area (Å²) >= 11 is 0. The van der Waals surface area contributed by atoms with Gasteiger partial charge in [-0.25, -0.2) is 0 Å². The van der Waals surface area contributed by atoms with Gasteiger partial charge in [0.2, 0.25) is 0 Å². The second-order valence-electron chi connectivity index (χ2n) is 4.92. The fourth-order valence-electron chi connectivity index (χ4n) is 2.19. The van der Waals surface area contributed by atoms with Gasteiger partial charge >= 0.3 is 0 Å². The highest BCUT2D eigenvalue weighted by Crippen LogP contribution is 2.28. The fourth-order valence-corrected chi connectivity index (χ4v) is 2.19. The van der Waals surface area contributed by atoms with Gasteiger partial charge in [0.25, 0.3) is 0 Å². The van der Waals surface area contributed by atoms with Crippen molar-refractivity contribution in [2.45, 2.75) is 39.5 Å². The Bertz CT molecular complexity index is 433. The Morgan fingerprint density at radius 2 is 2.00 bits per heavy atom. The smallest absolute Gasteiger partial charge is 0.0182 e. The number of hydrogen-bond acceptors (Lipinski definition) is 0. The summed E-state index contributed by atoms with van der Waals surface area (Å²) in [5.41, 5.74) is 5.74. The molecule has 0 bridgehead atoms. The molecule has 0 N–H and O–H groups in total. The lowest BCUT2D eigenvalue weighted by Crippen LogP contribution is -1.94. The first-order chi connectivity index (χ1) is 7.68. The van der Waals surface area contributed by atoms with Crippen LogP contribution in [0.4, 0.5) is 0 Å². The summed E-state index contributed by atoms with van der Waals surface area (Å²) in [6.07, 6.45) is 6.96. The minimum absolute atomic E-state index is 0.605. The van der Waals surface area contributed by atoms with Crippen molar-refractivity contribution in [1.29, 1.82) is 0 Å². The van der Waals surface area contributed by atoms with Crippen LogP contribution < -0.4 is 0 Å². The Labute approximate surface area is 98.7 Å². The van der Waals surface area contributed by atoms with Gasteiger partial charge in [0, 0.05) is 0 Å². The van der Waals surface area contributed by atoms with E-state index in [0.29, 0.717) is 5.92 Å². The summed E-state index contributed by atoms with van der Waals surface area (Å²) < 4.78 is 0. The monoisotopic (exact) mass is 212 g/mol. The van der Waals surface area contributed by atoms with Gasteiger partial charge in [0.1, 0.15) is 0 Å². The Morgan fingerprint density at radius 1 is 1.19 bits per heavy atom. The van der Waals surface area contributed by atoms with E-state index < -0.39 is 0 Å². The molecule has 1 aromatic carbocycles. The van der Waals surface area contributed by atoms with Crippen LogP contribution in [0.2, 0.25) is 0 Å². The summed E-state index contributed by atoms with van der Waals surface area (Å²) in [5, 5.41) is 0. The van der Waals surface area contributed by atoms with E-state index in [-0.39, 0.29) is 0 Å². The number of benzene rings is 1. The van der Waals surface area contributed by atoms with Crippen molar-refractivity contribution in [2.75, 3.05) is 0 Å². The van der Waals surface area contributed by atoms with Crippen LogP contribution in [0.3, 0.4) is 0 Å². The first-order valence-electron chi connectivity index (χ1n) is 6.15. The lowest BCUT2D eigenvalue weighted by molar-refractivity contribution is 0.866. The molecule has 0 saturated carbocycles. The van der Waals surface area contributed by atoms with E-state index in [1.54, 1.807) is 0 Å². The maximum Gasteiger partial charge on any atom is -0.0182 e. The topological polar surface area (TPSA) is 0 Å². The normalized spacial score (nSPS) is 16.0. The zero-order valence-corrected chi connectivity index (χ0v) is 10.5. The molecule has 0 aliphatic heterocycles. The first-order valence-corrected chi connectivity index (χ1v) is 6.15. The standard InChI is InChI=1S/C16H20/c1-12(2)14-8-6-9-15(11-14)16-10-5-4-7-13(16)3/h5-6,8-12H,4,7H2,1-3H3. The predicted molar refractivity (Wildman–Crippen MR) is 71.5 cm³/mol. The number of hydrogen-bond donors (Lipinski definition) is 0. The second-order valence-corrected chi connectivity index (χ2v) is 4.92. The molecule has 84 valence electrons. The van der Waals surface area contributed by atoms with Gasteiger partial charge in [-0.05, 0) is 42.4 Å². The van der Waals surface area contributed by atoms with Crippen LogP contribution in [0.25, 0.3) is 5.57 Å². The molecular weight excluding hydrogens is 192 g/mol. The van der Waals surface area contributed by atoms with Gasteiger partial charge in [0.05, 0.1) is 0 Å². The van der Waals surface area contributed by atoms with Gasteiger partial charge in [-0.1, -0.05) is 55.8 Å². The van der Waals surface area contributed by atoms with Crippen molar-refractivity contribution in [1.82, 2.24) is 0 Å². The Balaban J connectivity index is 2.41. The molecule has 0 aromatic heterocycles. The maximum atomic E-state index is 2.33. The Kier molecular flexibility index (Phi) is 3.28. The van der Waals surface area contributed by atoms with Crippen molar-refractivity contribution in [3.63, 3.8) is 0 Å². The van der Waals surface area contributed by atoms with Gasteiger partial charge in [-0.2, -0.15) is 0 Å². The van der Waals surface area contributed by atoms with E-state index in [9.17, 15) is 0 Å². The molecule has 2 rings (SSSR count). The fraction of sp³-hybridized carbons (Fsp3) is 0.375. The largest absolute Gasteiger partial charge is 0.0836 e. The van der Waals surface area contributed by atoms with Crippen molar-refractivity contribution in [3.05, 3.63) is 53.1 Å². The molecule has 0 atom stereocenters. The average Bonchev–Trinajstić information content (AvgIpc) is 2.30. The molecule has 0 saturated heterocycles. The quantitative estimate of drug-likeness (QED) is 0.651. The molecule has 1 aliphatic carbocycles. The first kappa shape index (κ1) is 11.2. The molecule has 0 fully saturated rings. The zero-order chi connectivity index (χ0) is 11.5. The van der Waals surface area contributed by atoms with E-state index in [0.717, 1.165) is 0 Å². The van der Waals surface area contributed by atoms with Crippen molar-refractivity contribution in [2.24, 2.45) is 0 Å². The lowest BCUT2D eigenvalue weighted by atomic mass is 9.91. The molecular formula is C16H20. The maximum absolute atomic E-state index is 2.33. The van der Waals surface area contributed by atoms with Crippen LogP contribution in [0.5, 0.6) is 0 Å². The van der Waals surface area contributed by atoms with E-state index in [1.165, 1.54) is 35.1 Å². The van der Waals surface area contributed by atoms with Crippen LogP contribution >= 0.6 is 0 Å². The van der Waals surface area contributed by atoms with Crippen molar-refractivity contribution >= 4 is 5.57 Å². The molecule has 0 nitrogen and oxygen atoms in total. The second kappa shape index (κ2) is 4.69. The van der Waals surface area contributed by atoms with E-state index >= 15 is 0 Å². The minimum Gasteiger partial charge on any atom is -0.0836 e. The summed E-state index contributed by atoms with van der Waals surface area (Å²) in [6, 6.07) is 8.95. The molecule has 1 aromatic rings. The molecule has 16 heavy (non-hydrogen) atoms. The number of rotatable bonds is 2. The third-order valence-corrected chi connectivity index (χ3v) is 3.29. The number of allylic oxidation sites excluding steroid dienone is 4. The van der Waals surface area contributed by atoms with Crippen LogP contribution in [0, 0.1) is 0 Å². The van der Waals surface area contributed by atoms with Crippen molar-refractivity contribution < 1.29 is 0 Å². The van der Waals surface area contributed by atoms with Crippen molar-refractivity contribution in [3.8, 4) is 0 Å². The summed E-state index contributed by atoms with van der Waals surface area (Å²) in [6.45, 7) is 6.75. The van der Waals surface area contributed by atoms with Gasteiger partial charge in [-0.3, -0.25) is 0 Å². The minimum atomic E-state index is 0.605. The van der Waals surface area contributed by atoms with Gasteiger partial charge < -0.3 is 0 Å². The van der Waals surface area contributed by atoms with Crippen LogP contribution in [0.15, 0.2) is 42.0 Å². The highest BCUT2D eigenvalue weighted by atomic mass is 14.1. The third-order valence-electron chi connectivity index (χ3n) is 3.29. The van der Waals surface area contributed by atoms with Gasteiger partial charge in [0.15, 0.2) is 0 Å². The van der Waals surface area contributed by atoms with Crippen LogP contribution in [-0.4, -0.2) is 0 Å². The van der Waals surface area contributed by atoms with Crippen LogP contribution in [0.1, 0.15) is 50.7 Å². The van der Waals surface area contributed by atoms with E-state index in [4.69, 9.17) is 0 Å². The van der Waals surface area contributed by atoms with Crippen LogP contribution in [-0.2, 0) is 0 Å². The highest BCUT2D eigenvalue weighted by molar-refractivity contribution is 5.77. The Morgan fingerprint density at radius 3 is 2.69 bits per heavy atom. The average molecular weight is 212 g/mol. The van der Waals surface area contributed by atoms with Gasteiger partial charge in [-0.15, -0.1) is 0 Å². The molecule has 1 aliphatic rings.